The molecule has 0 bridgehead atoms. The van der Waals surface area contributed by atoms with Crippen LogP contribution in [0.1, 0.15) is 24.2 Å². The van der Waals surface area contributed by atoms with Gasteiger partial charge in [-0.15, -0.1) is 0 Å². The molecule has 1 aromatic rings. The van der Waals surface area contributed by atoms with Gasteiger partial charge in [0.1, 0.15) is 5.82 Å². The van der Waals surface area contributed by atoms with Crippen LogP contribution in [0, 0.1) is 5.82 Å². The van der Waals surface area contributed by atoms with Crippen molar-refractivity contribution < 1.29 is 9.18 Å². The van der Waals surface area contributed by atoms with E-state index in [4.69, 9.17) is 5.73 Å². The third-order valence-electron chi connectivity index (χ3n) is 2.82. The van der Waals surface area contributed by atoms with E-state index in [1.807, 2.05) is 13.8 Å². The Bertz CT molecular complexity index is 390. The molecule has 0 aliphatic heterocycles. The van der Waals surface area contributed by atoms with E-state index in [0.29, 0.717) is 6.54 Å². The molecule has 1 amide bonds. The first-order valence-corrected chi connectivity index (χ1v) is 5.13. The quantitative estimate of drug-likeness (QED) is 0.848. The lowest BCUT2D eigenvalue weighted by Gasteiger charge is -2.34. The van der Waals surface area contributed by atoms with E-state index >= 15 is 0 Å². The van der Waals surface area contributed by atoms with Gasteiger partial charge in [-0.05, 0) is 26.0 Å². The molecule has 0 heterocycles. The molecule has 0 saturated heterocycles. The number of nitrogens with zero attached hydrogens (tertiary/aromatic N) is 1. The van der Waals surface area contributed by atoms with E-state index in [0.717, 1.165) is 0 Å². The van der Waals surface area contributed by atoms with Gasteiger partial charge in [0.05, 0.1) is 5.56 Å². The predicted octanol–water partition coefficient (Wildman–Crippen LogP) is 1.64. The van der Waals surface area contributed by atoms with Crippen LogP contribution in [-0.2, 0) is 0 Å². The van der Waals surface area contributed by atoms with Crippen LogP contribution in [0.15, 0.2) is 24.3 Å². The molecule has 0 radical (unpaired) electrons. The van der Waals surface area contributed by atoms with Gasteiger partial charge in [-0.2, -0.15) is 0 Å². The largest absolute Gasteiger partial charge is 0.335 e. The summed E-state index contributed by atoms with van der Waals surface area (Å²) in [6, 6.07) is 5.94. The second-order valence-electron chi connectivity index (χ2n) is 4.36. The monoisotopic (exact) mass is 224 g/mol. The molecule has 0 fully saturated rings. The normalized spacial score (nSPS) is 11.3. The first-order chi connectivity index (χ1) is 7.40. The lowest BCUT2D eigenvalue weighted by Crippen LogP contribution is -2.50. The van der Waals surface area contributed by atoms with Crippen molar-refractivity contribution >= 4 is 5.91 Å². The summed E-state index contributed by atoms with van der Waals surface area (Å²) in [5, 5.41) is 0. The molecule has 0 aromatic heterocycles. The lowest BCUT2D eigenvalue weighted by atomic mass is 10.0. The highest BCUT2D eigenvalue weighted by Gasteiger charge is 2.27. The van der Waals surface area contributed by atoms with E-state index in [1.54, 1.807) is 19.2 Å². The minimum absolute atomic E-state index is 0.0755. The summed E-state index contributed by atoms with van der Waals surface area (Å²) in [7, 11) is 1.63. The van der Waals surface area contributed by atoms with Crippen LogP contribution in [0.4, 0.5) is 4.39 Å². The maximum atomic E-state index is 13.4. The maximum Gasteiger partial charge on any atom is 0.257 e. The van der Waals surface area contributed by atoms with Gasteiger partial charge in [-0.1, -0.05) is 12.1 Å². The molecule has 0 aliphatic rings. The van der Waals surface area contributed by atoms with E-state index < -0.39 is 11.4 Å². The smallest absolute Gasteiger partial charge is 0.257 e. The van der Waals surface area contributed by atoms with Crippen LogP contribution in [0.3, 0.4) is 0 Å². The molecule has 0 spiro atoms. The van der Waals surface area contributed by atoms with Crippen molar-refractivity contribution in [2.75, 3.05) is 13.6 Å². The topological polar surface area (TPSA) is 46.3 Å². The third kappa shape index (κ3) is 2.39. The molecule has 88 valence electrons. The molecule has 4 heteroatoms. The predicted molar refractivity (Wildman–Crippen MR) is 61.6 cm³/mol. The summed E-state index contributed by atoms with van der Waals surface area (Å²) in [5.41, 5.74) is 5.16. The molecule has 16 heavy (non-hydrogen) atoms. The van der Waals surface area contributed by atoms with Gasteiger partial charge in [-0.25, -0.2) is 4.39 Å². The van der Waals surface area contributed by atoms with E-state index in [9.17, 15) is 9.18 Å². The van der Waals surface area contributed by atoms with Gasteiger partial charge in [0.15, 0.2) is 0 Å². The Labute approximate surface area is 95.0 Å². The summed E-state index contributed by atoms with van der Waals surface area (Å²) in [4.78, 5) is 13.5. The van der Waals surface area contributed by atoms with Gasteiger partial charge >= 0.3 is 0 Å². The molecular formula is C12H17FN2O. The number of hydrogen-bond donors (Lipinski definition) is 1. The molecule has 0 atom stereocenters. The maximum absolute atomic E-state index is 13.4. The van der Waals surface area contributed by atoms with Crippen LogP contribution in [0.25, 0.3) is 0 Å². The van der Waals surface area contributed by atoms with E-state index in [-0.39, 0.29) is 11.5 Å². The fourth-order valence-corrected chi connectivity index (χ4v) is 1.23. The van der Waals surface area contributed by atoms with E-state index in [2.05, 4.69) is 0 Å². The van der Waals surface area contributed by atoms with Gasteiger partial charge in [0.25, 0.3) is 5.91 Å². The van der Waals surface area contributed by atoms with Crippen molar-refractivity contribution in [3.8, 4) is 0 Å². The number of hydrogen-bond acceptors (Lipinski definition) is 2. The fraction of sp³-hybridized carbons (Fsp3) is 0.417. The van der Waals surface area contributed by atoms with Gasteiger partial charge < -0.3 is 10.6 Å². The third-order valence-corrected chi connectivity index (χ3v) is 2.82. The van der Waals surface area contributed by atoms with Gasteiger partial charge in [0, 0.05) is 19.1 Å². The number of halogens is 1. The summed E-state index contributed by atoms with van der Waals surface area (Å²) < 4.78 is 13.4. The molecule has 0 aliphatic carbocycles. The van der Waals surface area contributed by atoms with Crippen molar-refractivity contribution in [2.24, 2.45) is 5.73 Å². The van der Waals surface area contributed by atoms with Crippen molar-refractivity contribution in [3.63, 3.8) is 0 Å². The number of rotatable bonds is 3. The average Bonchev–Trinajstić information content (AvgIpc) is 2.27. The second-order valence-corrected chi connectivity index (χ2v) is 4.36. The van der Waals surface area contributed by atoms with Crippen molar-refractivity contribution in [2.45, 2.75) is 19.4 Å². The fourth-order valence-electron chi connectivity index (χ4n) is 1.23. The van der Waals surface area contributed by atoms with E-state index in [1.165, 1.54) is 17.0 Å². The highest BCUT2D eigenvalue weighted by molar-refractivity contribution is 5.94. The molecular weight excluding hydrogens is 207 g/mol. The minimum Gasteiger partial charge on any atom is -0.335 e. The number of carbonyl (C=O) groups excluding carboxylic acids is 1. The van der Waals surface area contributed by atoms with Crippen molar-refractivity contribution in [1.82, 2.24) is 4.90 Å². The van der Waals surface area contributed by atoms with Crippen LogP contribution in [0.2, 0.25) is 0 Å². The number of likely N-dealkylation sites (N-methyl/N-ethyl adjacent to an activating group) is 1. The number of amides is 1. The van der Waals surface area contributed by atoms with Gasteiger partial charge in [-0.3, -0.25) is 4.79 Å². The summed E-state index contributed by atoms with van der Waals surface area (Å²) >= 11 is 0. The Kier molecular flexibility index (Phi) is 3.65. The Morgan fingerprint density at radius 3 is 2.50 bits per heavy atom. The van der Waals surface area contributed by atoms with Crippen molar-refractivity contribution in [3.05, 3.63) is 35.6 Å². The highest BCUT2D eigenvalue weighted by atomic mass is 19.1. The zero-order valence-corrected chi connectivity index (χ0v) is 9.83. The highest BCUT2D eigenvalue weighted by Crippen LogP contribution is 2.16. The van der Waals surface area contributed by atoms with Crippen LogP contribution in [-0.4, -0.2) is 29.9 Å². The summed E-state index contributed by atoms with van der Waals surface area (Å²) in [5.74, 6) is -0.860. The molecule has 1 aromatic carbocycles. The van der Waals surface area contributed by atoms with Gasteiger partial charge in [0.2, 0.25) is 0 Å². The molecule has 0 unspecified atom stereocenters. The summed E-state index contributed by atoms with van der Waals surface area (Å²) in [6.45, 7) is 4.00. The Balaban J connectivity index is 3.00. The first-order valence-electron chi connectivity index (χ1n) is 5.13. The standard InChI is InChI=1S/C12H17FN2O/c1-12(2,8-14)15(3)11(16)9-6-4-5-7-10(9)13/h4-7H,8,14H2,1-3H3. The Morgan fingerprint density at radius 2 is 2.00 bits per heavy atom. The number of benzene rings is 1. The minimum atomic E-state index is -0.507. The number of nitrogens with two attached hydrogens (primary N) is 1. The molecule has 0 saturated carbocycles. The lowest BCUT2D eigenvalue weighted by molar-refractivity contribution is 0.0635. The van der Waals surface area contributed by atoms with Crippen LogP contribution >= 0.6 is 0 Å². The van der Waals surface area contributed by atoms with Crippen LogP contribution < -0.4 is 5.73 Å². The first kappa shape index (κ1) is 12.6. The molecule has 3 nitrogen and oxygen atoms in total. The second kappa shape index (κ2) is 4.61. The van der Waals surface area contributed by atoms with Crippen molar-refractivity contribution in [1.29, 1.82) is 0 Å². The number of carbonyl (C=O) groups is 1. The zero-order valence-electron chi connectivity index (χ0n) is 9.83. The Morgan fingerprint density at radius 1 is 1.44 bits per heavy atom. The Hall–Kier alpha value is -1.42. The SMILES string of the molecule is CN(C(=O)c1ccccc1F)C(C)(C)CN. The molecule has 1 rings (SSSR count). The summed E-state index contributed by atoms with van der Waals surface area (Å²) in [6.07, 6.45) is 0. The zero-order chi connectivity index (χ0) is 12.3. The van der Waals surface area contributed by atoms with Crippen LogP contribution in [0.5, 0.6) is 0 Å². The average molecular weight is 224 g/mol. The molecule has 2 N–H and O–H groups in total.